The number of nitrogens with zero attached hydrogens (tertiary/aromatic N) is 1. The fourth-order valence-electron chi connectivity index (χ4n) is 2.46. The zero-order chi connectivity index (χ0) is 15.2. The minimum atomic E-state index is -0.0658. The van der Waals surface area contributed by atoms with Crippen LogP contribution in [-0.4, -0.2) is 36.0 Å². The first kappa shape index (κ1) is 15.8. The molecule has 1 aromatic carbocycles. The van der Waals surface area contributed by atoms with Gasteiger partial charge in [0, 0.05) is 20.0 Å². The summed E-state index contributed by atoms with van der Waals surface area (Å²) in [6.07, 6.45) is 5.29. The van der Waals surface area contributed by atoms with Gasteiger partial charge in [0.1, 0.15) is 5.75 Å². The van der Waals surface area contributed by atoms with Crippen molar-refractivity contribution >= 4 is 23.1 Å². The Morgan fingerprint density at radius 2 is 2.05 bits per heavy atom. The predicted octanol–water partition coefficient (Wildman–Crippen LogP) is 2.08. The summed E-state index contributed by atoms with van der Waals surface area (Å²) >= 11 is 4.81. The Hall–Kier alpha value is -1.62. The van der Waals surface area contributed by atoms with Crippen molar-refractivity contribution in [3.05, 3.63) is 29.3 Å². The van der Waals surface area contributed by atoms with E-state index in [-0.39, 0.29) is 12.5 Å². The molecule has 5 heteroatoms. The molecule has 2 N–H and O–H groups in total. The van der Waals surface area contributed by atoms with Crippen molar-refractivity contribution in [2.24, 2.45) is 5.73 Å². The highest BCUT2D eigenvalue weighted by molar-refractivity contribution is 7.80. The molecule has 1 aromatic rings. The number of carbonyl (C=O) groups is 1. The summed E-state index contributed by atoms with van der Waals surface area (Å²) in [4.78, 5) is 14.0. The van der Waals surface area contributed by atoms with Gasteiger partial charge in [0.25, 0.3) is 5.91 Å². The van der Waals surface area contributed by atoms with Crippen LogP contribution in [0.25, 0.3) is 0 Å². The van der Waals surface area contributed by atoms with Gasteiger partial charge in [-0.2, -0.15) is 0 Å². The molecule has 0 bridgehead atoms. The molecule has 2 rings (SSSR count). The lowest BCUT2D eigenvalue weighted by molar-refractivity contribution is -0.131. The molecular weight excluding hydrogens is 284 g/mol. The number of likely N-dealkylation sites (N-methyl/N-ethyl adjacent to an activating group) is 1. The molecule has 0 atom stereocenters. The van der Waals surface area contributed by atoms with E-state index in [1.807, 2.05) is 6.07 Å². The van der Waals surface area contributed by atoms with E-state index < -0.39 is 0 Å². The highest BCUT2D eigenvalue weighted by atomic mass is 32.1. The molecule has 1 aliphatic rings. The van der Waals surface area contributed by atoms with Crippen LogP contribution in [0.15, 0.2) is 18.2 Å². The number of thiocarbonyl (C=S) groups is 1. The summed E-state index contributed by atoms with van der Waals surface area (Å²) in [5, 5.41) is 0. The van der Waals surface area contributed by atoms with Gasteiger partial charge < -0.3 is 15.4 Å². The molecule has 0 aliphatic heterocycles. The molecular formula is C16H22N2O2S. The maximum atomic E-state index is 11.9. The summed E-state index contributed by atoms with van der Waals surface area (Å²) < 4.78 is 5.61. The standard InChI is InChI=1S/C16H22N2O2S/c1-18(9-8-15(17)21)16(19)11-20-14-7-6-12-4-2-3-5-13(12)10-14/h6-7,10H,2-5,8-9,11H2,1H3,(H2,17,21). The lowest BCUT2D eigenvalue weighted by Gasteiger charge is -2.19. The van der Waals surface area contributed by atoms with Gasteiger partial charge in [-0.3, -0.25) is 4.79 Å². The molecule has 0 unspecified atom stereocenters. The summed E-state index contributed by atoms with van der Waals surface area (Å²) in [5.74, 6) is 0.704. The molecule has 0 saturated heterocycles. The van der Waals surface area contributed by atoms with Gasteiger partial charge in [-0.25, -0.2) is 0 Å². The minimum absolute atomic E-state index is 0.0482. The maximum Gasteiger partial charge on any atom is 0.260 e. The third-order valence-electron chi connectivity index (χ3n) is 3.80. The van der Waals surface area contributed by atoms with E-state index in [2.05, 4.69) is 12.1 Å². The van der Waals surface area contributed by atoms with Crippen molar-refractivity contribution in [1.29, 1.82) is 0 Å². The number of amides is 1. The van der Waals surface area contributed by atoms with Crippen LogP contribution < -0.4 is 10.5 Å². The zero-order valence-electron chi connectivity index (χ0n) is 12.4. The quantitative estimate of drug-likeness (QED) is 0.818. The molecule has 114 valence electrons. The molecule has 0 spiro atoms. The molecule has 1 amide bonds. The summed E-state index contributed by atoms with van der Waals surface area (Å²) in [6.45, 7) is 0.578. The Bertz CT molecular complexity index is 531. The fourth-order valence-corrected chi connectivity index (χ4v) is 2.55. The molecule has 0 heterocycles. The van der Waals surface area contributed by atoms with Gasteiger partial charge in [-0.05, 0) is 48.9 Å². The number of ether oxygens (including phenoxy) is 1. The van der Waals surface area contributed by atoms with Gasteiger partial charge in [-0.15, -0.1) is 0 Å². The second-order valence-corrected chi connectivity index (χ2v) is 5.98. The number of hydrogen-bond acceptors (Lipinski definition) is 3. The van der Waals surface area contributed by atoms with Gasteiger partial charge in [-0.1, -0.05) is 18.3 Å². The topological polar surface area (TPSA) is 55.6 Å². The lowest BCUT2D eigenvalue weighted by atomic mass is 9.92. The number of benzene rings is 1. The van der Waals surface area contributed by atoms with Crippen LogP contribution in [0.2, 0.25) is 0 Å². The van der Waals surface area contributed by atoms with Crippen LogP contribution in [-0.2, 0) is 17.6 Å². The number of fused-ring (bicyclic) bond motifs is 1. The third kappa shape index (κ3) is 4.70. The van der Waals surface area contributed by atoms with Crippen LogP contribution in [0.4, 0.5) is 0 Å². The van der Waals surface area contributed by atoms with Gasteiger partial charge in [0.2, 0.25) is 0 Å². The normalized spacial score (nSPS) is 13.4. The van der Waals surface area contributed by atoms with Crippen molar-refractivity contribution in [1.82, 2.24) is 4.90 Å². The monoisotopic (exact) mass is 306 g/mol. The Balaban J connectivity index is 1.85. The zero-order valence-corrected chi connectivity index (χ0v) is 13.2. The van der Waals surface area contributed by atoms with E-state index in [4.69, 9.17) is 22.7 Å². The maximum absolute atomic E-state index is 11.9. The van der Waals surface area contributed by atoms with Crippen molar-refractivity contribution in [3.63, 3.8) is 0 Å². The number of aryl methyl sites for hydroxylation is 2. The summed E-state index contributed by atoms with van der Waals surface area (Å²) in [6, 6.07) is 6.13. The minimum Gasteiger partial charge on any atom is -0.484 e. The van der Waals surface area contributed by atoms with E-state index in [1.165, 1.54) is 24.0 Å². The molecule has 0 saturated carbocycles. The Labute approximate surface area is 131 Å². The third-order valence-corrected chi connectivity index (χ3v) is 4.01. The number of carbonyl (C=O) groups excluding carboxylic acids is 1. The lowest BCUT2D eigenvalue weighted by Crippen LogP contribution is -2.33. The SMILES string of the molecule is CN(CCC(N)=S)C(=O)COc1ccc2c(c1)CCCC2. The van der Waals surface area contributed by atoms with Crippen molar-refractivity contribution in [2.75, 3.05) is 20.2 Å². The van der Waals surface area contributed by atoms with Crippen LogP contribution >= 0.6 is 12.2 Å². The van der Waals surface area contributed by atoms with E-state index in [0.717, 1.165) is 18.6 Å². The van der Waals surface area contributed by atoms with E-state index in [1.54, 1.807) is 11.9 Å². The molecule has 21 heavy (non-hydrogen) atoms. The predicted molar refractivity (Wildman–Crippen MR) is 87.6 cm³/mol. The van der Waals surface area contributed by atoms with Crippen molar-refractivity contribution < 1.29 is 9.53 Å². The van der Waals surface area contributed by atoms with Crippen LogP contribution in [0.5, 0.6) is 5.75 Å². The van der Waals surface area contributed by atoms with Crippen LogP contribution in [0.1, 0.15) is 30.4 Å². The average molecular weight is 306 g/mol. The number of hydrogen-bond donors (Lipinski definition) is 1. The first-order chi connectivity index (χ1) is 10.1. The Morgan fingerprint density at radius 3 is 2.76 bits per heavy atom. The summed E-state index contributed by atoms with van der Waals surface area (Å²) in [5.41, 5.74) is 8.20. The highest BCUT2D eigenvalue weighted by Crippen LogP contribution is 2.25. The van der Waals surface area contributed by atoms with Crippen LogP contribution in [0, 0.1) is 0 Å². The summed E-state index contributed by atoms with van der Waals surface area (Å²) in [7, 11) is 1.73. The van der Waals surface area contributed by atoms with Gasteiger partial charge in [0.05, 0.1) is 4.99 Å². The van der Waals surface area contributed by atoms with Crippen LogP contribution in [0.3, 0.4) is 0 Å². The molecule has 4 nitrogen and oxygen atoms in total. The Morgan fingerprint density at radius 1 is 1.33 bits per heavy atom. The second-order valence-electron chi connectivity index (χ2n) is 5.46. The van der Waals surface area contributed by atoms with E-state index >= 15 is 0 Å². The highest BCUT2D eigenvalue weighted by Gasteiger charge is 2.12. The fraction of sp³-hybridized carbons (Fsp3) is 0.500. The van der Waals surface area contributed by atoms with Gasteiger partial charge >= 0.3 is 0 Å². The molecule has 0 fully saturated rings. The molecule has 1 aliphatic carbocycles. The van der Waals surface area contributed by atoms with Crippen molar-refractivity contribution in [3.8, 4) is 5.75 Å². The molecule has 0 radical (unpaired) electrons. The number of rotatable bonds is 6. The average Bonchev–Trinajstić information content (AvgIpc) is 2.49. The largest absolute Gasteiger partial charge is 0.484 e. The van der Waals surface area contributed by atoms with E-state index in [9.17, 15) is 4.79 Å². The van der Waals surface area contributed by atoms with Crippen molar-refractivity contribution in [2.45, 2.75) is 32.1 Å². The van der Waals surface area contributed by atoms with E-state index in [0.29, 0.717) is 18.0 Å². The Kier molecular flexibility index (Phi) is 5.56. The second kappa shape index (κ2) is 7.41. The smallest absolute Gasteiger partial charge is 0.260 e. The van der Waals surface area contributed by atoms with Gasteiger partial charge in [0.15, 0.2) is 6.61 Å². The first-order valence-corrected chi connectivity index (χ1v) is 7.74. The molecule has 0 aromatic heterocycles. The first-order valence-electron chi connectivity index (χ1n) is 7.33. The number of nitrogens with two attached hydrogens (primary N) is 1.